The van der Waals surface area contributed by atoms with Crippen LogP contribution in [0.1, 0.15) is 71.0 Å². The highest BCUT2D eigenvalue weighted by molar-refractivity contribution is 5.97. The molecule has 0 saturated heterocycles. The second kappa shape index (κ2) is 8.37. The van der Waals surface area contributed by atoms with Gasteiger partial charge >= 0.3 is 0 Å². The van der Waals surface area contributed by atoms with Gasteiger partial charge in [-0.05, 0) is 45.1 Å². The molecule has 2 amide bonds. The highest BCUT2D eigenvalue weighted by atomic mass is 16.2. The van der Waals surface area contributed by atoms with Gasteiger partial charge in [-0.15, -0.1) is 0 Å². The summed E-state index contributed by atoms with van der Waals surface area (Å²) in [5, 5.41) is 5.91. The Morgan fingerprint density at radius 3 is 2.81 bits per heavy atom. The Kier molecular flexibility index (Phi) is 5.94. The zero-order valence-corrected chi connectivity index (χ0v) is 16.3. The van der Waals surface area contributed by atoms with Crippen LogP contribution < -0.4 is 10.6 Å². The number of aryl methyl sites for hydroxylation is 1. The normalized spacial score (nSPS) is 14.3. The summed E-state index contributed by atoms with van der Waals surface area (Å²) < 4.78 is 1.92. The second-order valence-corrected chi connectivity index (χ2v) is 7.29. The molecule has 144 valence electrons. The summed E-state index contributed by atoms with van der Waals surface area (Å²) in [4.78, 5) is 29.8. The van der Waals surface area contributed by atoms with Crippen molar-refractivity contribution in [2.24, 2.45) is 0 Å². The third kappa shape index (κ3) is 4.38. The maximum atomic E-state index is 12.8. The first-order valence-corrected chi connectivity index (χ1v) is 9.73. The third-order valence-electron chi connectivity index (χ3n) is 5.06. The standard InChI is InChI=1S/C21H28N4O2/c1-4-15(3)23-20(26)18-17-10-5-6-11-25(17)19(24-18)21(27)22-13-16-9-7-8-14(2)12-16/h7-9,12,15H,4-6,10-11,13H2,1-3H3,(H,22,27)(H,23,26). The molecule has 2 aromatic rings. The van der Waals surface area contributed by atoms with Gasteiger partial charge in [-0.3, -0.25) is 9.59 Å². The topological polar surface area (TPSA) is 76.0 Å². The number of rotatable bonds is 6. The molecule has 0 fully saturated rings. The average molecular weight is 368 g/mol. The monoisotopic (exact) mass is 368 g/mol. The van der Waals surface area contributed by atoms with Gasteiger partial charge < -0.3 is 15.2 Å². The van der Waals surface area contributed by atoms with E-state index in [1.165, 1.54) is 0 Å². The number of carbonyl (C=O) groups is 2. The molecule has 6 nitrogen and oxygen atoms in total. The van der Waals surface area contributed by atoms with Crippen LogP contribution in [0.25, 0.3) is 0 Å². The summed E-state index contributed by atoms with van der Waals surface area (Å²) in [5.74, 6) is -0.0818. The minimum Gasteiger partial charge on any atom is -0.348 e. The lowest BCUT2D eigenvalue weighted by Crippen LogP contribution is -2.33. The van der Waals surface area contributed by atoms with Gasteiger partial charge in [0.05, 0.1) is 5.69 Å². The molecule has 0 bridgehead atoms. The fourth-order valence-electron chi connectivity index (χ4n) is 3.38. The predicted molar refractivity (Wildman–Crippen MR) is 105 cm³/mol. The molecule has 2 heterocycles. The number of aromatic nitrogens is 2. The van der Waals surface area contributed by atoms with Gasteiger partial charge in [0, 0.05) is 19.1 Å². The number of amides is 2. The molecule has 1 atom stereocenters. The van der Waals surface area contributed by atoms with Gasteiger partial charge in [0.2, 0.25) is 0 Å². The van der Waals surface area contributed by atoms with E-state index in [1.807, 2.05) is 49.6 Å². The molecule has 3 rings (SSSR count). The number of nitrogens with zero attached hydrogens (tertiary/aromatic N) is 2. The number of hydrogen-bond acceptors (Lipinski definition) is 3. The van der Waals surface area contributed by atoms with Crippen molar-refractivity contribution in [2.75, 3.05) is 0 Å². The van der Waals surface area contributed by atoms with Gasteiger partial charge in [0.25, 0.3) is 11.8 Å². The lowest BCUT2D eigenvalue weighted by molar-refractivity contribution is 0.0932. The summed E-state index contributed by atoms with van der Waals surface area (Å²) in [6, 6.07) is 8.12. The Hall–Kier alpha value is -2.63. The highest BCUT2D eigenvalue weighted by Crippen LogP contribution is 2.21. The van der Waals surface area contributed by atoms with Crippen LogP contribution in [0.5, 0.6) is 0 Å². The molecule has 1 aliphatic rings. The number of benzene rings is 1. The number of carbonyl (C=O) groups excluding carboxylic acids is 2. The smallest absolute Gasteiger partial charge is 0.287 e. The van der Waals surface area contributed by atoms with Crippen molar-refractivity contribution in [3.63, 3.8) is 0 Å². The first-order valence-electron chi connectivity index (χ1n) is 9.73. The first kappa shape index (κ1) is 19.1. The second-order valence-electron chi connectivity index (χ2n) is 7.29. The van der Waals surface area contributed by atoms with Crippen molar-refractivity contribution in [1.82, 2.24) is 20.2 Å². The summed E-state index contributed by atoms with van der Waals surface area (Å²) in [5.41, 5.74) is 3.48. The van der Waals surface area contributed by atoms with E-state index in [2.05, 4.69) is 15.6 Å². The molecule has 2 N–H and O–H groups in total. The number of imidazole rings is 1. The van der Waals surface area contributed by atoms with E-state index in [0.717, 1.165) is 49.0 Å². The summed E-state index contributed by atoms with van der Waals surface area (Å²) in [7, 11) is 0. The van der Waals surface area contributed by atoms with Crippen molar-refractivity contribution >= 4 is 11.8 Å². The van der Waals surface area contributed by atoms with E-state index < -0.39 is 0 Å². The quantitative estimate of drug-likeness (QED) is 0.823. The Morgan fingerprint density at radius 1 is 1.26 bits per heavy atom. The molecule has 0 saturated carbocycles. The highest BCUT2D eigenvalue weighted by Gasteiger charge is 2.27. The zero-order valence-electron chi connectivity index (χ0n) is 16.3. The van der Waals surface area contributed by atoms with Crippen LogP contribution in [0.2, 0.25) is 0 Å². The van der Waals surface area contributed by atoms with Crippen LogP contribution in [0, 0.1) is 6.92 Å². The number of fused-ring (bicyclic) bond motifs is 1. The largest absolute Gasteiger partial charge is 0.348 e. The van der Waals surface area contributed by atoms with E-state index in [9.17, 15) is 9.59 Å². The maximum absolute atomic E-state index is 12.8. The minimum absolute atomic E-state index is 0.0806. The molecular formula is C21H28N4O2. The Balaban J connectivity index is 1.80. The van der Waals surface area contributed by atoms with Gasteiger partial charge in [-0.1, -0.05) is 36.8 Å². The molecule has 1 unspecified atom stereocenters. The van der Waals surface area contributed by atoms with Crippen molar-refractivity contribution in [3.05, 3.63) is 52.6 Å². The molecule has 0 spiro atoms. The molecule has 1 aromatic heterocycles. The molecular weight excluding hydrogens is 340 g/mol. The van der Waals surface area contributed by atoms with Gasteiger partial charge in [0.1, 0.15) is 5.69 Å². The molecule has 0 radical (unpaired) electrons. The number of nitrogens with one attached hydrogen (secondary N) is 2. The summed E-state index contributed by atoms with van der Waals surface area (Å²) in [6.07, 6.45) is 3.64. The zero-order chi connectivity index (χ0) is 19.4. The van der Waals surface area contributed by atoms with Crippen molar-refractivity contribution in [2.45, 2.75) is 65.6 Å². The maximum Gasteiger partial charge on any atom is 0.287 e. The van der Waals surface area contributed by atoms with E-state index in [-0.39, 0.29) is 17.9 Å². The first-order chi connectivity index (χ1) is 13.0. The van der Waals surface area contributed by atoms with Crippen molar-refractivity contribution in [1.29, 1.82) is 0 Å². The summed E-state index contributed by atoms with van der Waals surface area (Å²) >= 11 is 0. The molecule has 1 aliphatic heterocycles. The lowest BCUT2D eigenvalue weighted by Gasteiger charge is -2.17. The SMILES string of the molecule is CCC(C)NC(=O)c1nc(C(=O)NCc2cccc(C)c2)n2c1CCCC2. The molecule has 1 aromatic carbocycles. The number of hydrogen-bond donors (Lipinski definition) is 2. The fraction of sp³-hybridized carbons (Fsp3) is 0.476. The Morgan fingerprint density at radius 2 is 2.07 bits per heavy atom. The van der Waals surface area contributed by atoms with Crippen LogP contribution >= 0.6 is 0 Å². The molecule has 0 aliphatic carbocycles. The van der Waals surface area contributed by atoms with Crippen molar-refractivity contribution < 1.29 is 9.59 Å². The predicted octanol–water partition coefficient (Wildman–Crippen LogP) is 2.99. The third-order valence-corrected chi connectivity index (χ3v) is 5.06. The van der Waals surface area contributed by atoms with Gasteiger partial charge in [0.15, 0.2) is 5.82 Å². The van der Waals surface area contributed by atoms with Crippen LogP contribution in [0.3, 0.4) is 0 Å². The fourth-order valence-corrected chi connectivity index (χ4v) is 3.38. The van der Waals surface area contributed by atoms with Crippen LogP contribution in [0.4, 0.5) is 0 Å². The van der Waals surface area contributed by atoms with Gasteiger partial charge in [-0.2, -0.15) is 0 Å². The summed E-state index contributed by atoms with van der Waals surface area (Å²) in [6.45, 7) is 7.19. The molecule has 27 heavy (non-hydrogen) atoms. The minimum atomic E-state index is -0.234. The Labute approximate surface area is 160 Å². The lowest BCUT2D eigenvalue weighted by atomic mass is 10.1. The molecule has 6 heteroatoms. The van der Waals surface area contributed by atoms with Crippen LogP contribution in [-0.2, 0) is 19.5 Å². The van der Waals surface area contributed by atoms with E-state index in [0.29, 0.717) is 18.1 Å². The van der Waals surface area contributed by atoms with E-state index >= 15 is 0 Å². The van der Waals surface area contributed by atoms with Crippen LogP contribution in [0.15, 0.2) is 24.3 Å². The van der Waals surface area contributed by atoms with E-state index in [4.69, 9.17) is 0 Å². The van der Waals surface area contributed by atoms with E-state index in [1.54, 1.807) is 0 Å². The van der Waals surface area contributed by atoms with Crippen LogP contribution in [-0.4, -0.2) is 27.4 Å². The van der Waals surface area contributed by atoms with Gasteiger partial charge in [-0.25, -0.2) is 4.98 Å². The van der Waals surface area contributed by atoms with Crippen molar-refractivity contribution in [3.8, 4) is 0 Å². The average Bonchev–Trinajstić information content (AvgIpc) is 3.06. The Bertz CT molecular complexity index is 841.